The van der Waals surface area contributed by atoms with Crippen LogP contribution in [0, 0.1) is 6.33 Å². The van der Waals surface area contributed by atoms with E-state index in [0.717, 1.165) is 0 Å². The summed E-state index contributed by atoms with van der Waals surface area (Å²) in [6, 6.07) is 5.84. The second-order valence-corrected chi connectivity index (χ2v) is 3.97. The molecule has 7 heteroatoms. The van der Waals surface area contributed by atoms with Crippen molar-refractivity contribution in [3.8, 4) is 5.69 Å². The fourth-order valence-electron chi connectivity index (χ4n) is 1.11. The first-order chi connectivity index (χ1) is 7.54. The molecule has 0 aliphatic carbocycles. The average Bonchev–Trinajstić information content (AvgIpc) is 2.69. The molecular weight excluding hydrogens is 239 g/mol. The molecule has 0 saturated heterocycles. The minimum atomic E-state index is -4.26. The largest absolute Gasteiger partial charge is 0.446 e. The van der Waals surface area contributed by atoms with Crippen LogP contribution in [0.5, 0.6) is 0 Å². The summed E-state index contributed by atoms with van der Waals surface area (Å²) in [6.07, 6.45) is 3.78. The summed E-state index contributed by atoms with van der Waals surface area (Å²) in [5.74, 6) is 0. The summed E-state index contributed by atoms with van der Waals surface area (Å²) >= 11 is -0.146. The van der Waals surface area contributed by atoms with Gasteiger partial charge in [0.15, 0.2) is 0 Å². The first-order valence-electron chi connectivity index (χ1n) is 4.18. The maximum Gasteiger partial charge on any atom is 0.446 e. The van der Waals surface area contributed by atoms with Crippen LogP contribution in [0.3, 0.4) is 0 Å². The van der Waals surface area contributed by atoms with E-state index in [1.54, 1.807) is 0 Å². The number of halogens is 3. The third-order valence-corrected chi connectivity index (χ3v) is 2.45. The standard InChI is InChI=1S/C9H5F3N3S/c10-9(11,12)16-8-3-1-7(2-4-8)15-6-13-5-14-15/h1-4,6H. The molecule has 83 valence electrons. The van der Waals surface area contributed by atoms with Crippen molar-refractivity contribution in [2.75, 3.05) is 0 Å². The molecule has 0 saturated carbocycles. The van der Waals surface area contributed by atoms with Gasteiger partial charge in [-0.1, -0.05) is 0 Å². The van der Waals surface area contributed by atoms with Crippen LogP contribution in [0.4, 0.5) is 13.2 Å². The van der Waals surface area contributed by atoms with Gasteiger partial charge in [-0.05, 0) is 36.0 Å². The van der Waals surface area contributed by atoms with Crippen molar-refractivity contribution in [3.05, 3.63) is 36.9 Å². The number of nitrogens with zero attached hydrogens (tertiary/aromatic N) is 3. The van der Waals surface area contributed by atoms with Gasteiger partial charge in [-0.2, -0.15) is 13.2 Å². The molecule has 0 bridgehead atoms. The van der Waals surface area contributed by atoms with Gasteiger partial charge in [0, 0.05) is 4.90 Å². The van der Waals surface area contributed by atoms with Crippen molar-refractivity contribution in [3.63, 3.8) is 0 Å². The second-order valence-electron chi connectivity index (χ2n) is 2.83. The molecule has 1 aromatic heterocycles. The number of hydrogen-bond acceptors (Lipinski definition) is 3. The van der Waals surface area contributed by atoms with Crippen LogP contribution in [0.2, 0.25) is 0 Å². The highest BCUT2D eigenvalue weighted by molar-refractivity contribution is 8.00. The van der Waals surface area contributed by atoms with E-state index in [1.807, 2.05) is 0 Å². The van der Waals surface area contributed by atoms with E-state index in [1.165, 1.54) is 35.3 Å². The van der Waals surface area contributed by atoms with Gasteiger partial charge in [-0.25, -0.2) is 9.67 Å². The van der Waals surface area contributed by atoms with Crippen LogP contribution in [0.25, 0.3) is 5.69 Å². The van der Waals surface area contributed by atoms with E-state index in [9.17, 15) is 13.2 Å². The molecule has 16 heavy (non-hydrogen) atoms. The number of benzene rings is 1. The summed E-state index contributed by atoms with van der Waals surface area (Å²) in [7, 11) is 0. The summed E-state index contributed by atoms with van der Waals surface area (Å²) in [5.41, 5.74) is -3.62. The normalized spacial score (nSPS) is 11.7. The molecule has 0 N–H and O–H groups in total. The van der Waals surface area contributed by atoms with Crippen molar-refractivity contribution >= 4 is 11.8 Å². The van der Waals surface area contributed by atoms with Gasteiger partial charge in [-0.15, -0.1) is 5.10 Å². The van der Waals surface area contributed by atoms with Gasteiger partial charge in [0.2, 0.25) is 6.33 Å². The fourth-order valence-corrected chi connectivity index (χ4v) is 1.64. The highest BCUT2D eigenvalue weighted by atomic mass is 32.2. The van der Waals surface area contributed by atoms with Crippen LogP contribution < -0.4 is 0 Å². The van der Waals surface area contributed by atoms with Crippen LogP contribution in [0.15, 0.2) is 35.5 Å². The Hall–Kier alpha value is -1.50. The van der Waals surface area contributed by atoms with Crippen LogP contribution in [-0.2, 0) is 0 Å². The Balaban J connectivity index is 2.17. The third-order valence-electron chi connectivity index (χ3n) is 1.71. The zero-order chi connectivity index (χ0) is 11.6. The van der Waals surface area contributed by atoms with E-state index in [4.69, 9.17) is 0 Å². The summed E-state index contributed by atoms with van der Waals surface area (Å²) < 4.78 is 37.6. The lowest BCUT2D eigenvalue weighted by Crippen LogP contribution is -1.99. The Morgan fingerprint density at radius 3 is 2.38 bits per heavy atom. The third kappa shape index (κ3) is 2.75. The molecule has 0 amide bonds. The minimum Gasteiger partial charge on any atom is -0.220 e. The van der Waals surface area contributed by atoms with E-state index in [0.29, 0.717) is 5.69 Å². The Morgan fingerprint density at radius 2 is 1.88 bits per heavy atom. The maximum absolute atomic E-state index is 12.0. The molecule has 1 radical (unpaired) electrons. The van der Waals surface area contributed by atoms with Crippen molar-refractivity contribution < 1.29 is 13.2 Å². The van der Waals surface area contributed by atoms with Crippen molar-refractivity contribution in [1.82, 2.24) is 14.8 Å². The van der Waals surface area contributed by atoms with E-state index >= 15 is 0 Å². The van der Waals surface area contributed by atoms with Gasteiger partial charge in [0.1, 0.15) is 6.33 Å². The number of thioether (sulfide) groups is 1. The number of hydrogen-bond donors (Lipinski definition) is 0. The monoisotopic (exact) mass is 244 g/mol. The van der Waals surface area contributed by atoms with E-state index < -0.39 is 5.51 Å². The highest BCUT2D eigenvalue weighted by Gasteiger charge is 2.28. The molecule has 2 aromatic rings. The molecule has 0 atom stereocenters. The number of rotatable bonds is 2. The molecule has 2 rings (SSSR count). The lowest BCUT2D eigenvalue weighted by Gasteiger charge is -2.06. The van der Waals surface area contributed by atoms with Gasteiger partial charge in [-0.3, -0.25) is 0 Å². The molecular formula is C9H5F3N3S. The van der Waals surface area contributed by atoms with Crippen molar-refractivity contribution in [2.24, 2.45) is 0 Å². The lowest BCUT2D eigenvalue weighted by atomic mass is 10.3. The summed E-state index contributed by atoms with van der Waals surface area (Å²) in [4.78, 5) is 3.76. The Kier molecular flexibility index (Phi) is 2.86. The Labute approximate surface area is 93.3 Å². The molecule has 0 unspecified atom stereocenters. The van der Waals surface area contributed by atoms with Gasteiger partial charge < -0.3 is 0 Å². The zero-order valence-corrected chi connectivity index (χ0v) is 8.59. The predicted molar refractivity (Wildman–Crippen MR) is 52.1 cm³/mol. The minimum absolute atomic E-state index is 0.139. The van der Waals surface area contributed by atoms with Crippen molar-refractivity contribution in [2.45, 2.75) is 10.4 Å². The quantitative estimate of drug-likeness (QED) is 0.761. The first kappa shape index (κ1) is 11.0. The smallest absolute Gasteiger partial charge is 0.220 e. The van der Waals surface area contributed by atoms with Crippen molar-refractivity contribution in [1.29, 1.82) is 0 Å². The van der Waals surface area contributed by atoms with E-state index in [2.05, 4.69) is 16.4 Å². The molecule has 0 fully saturated rings. The molecule has 3 nitrogen and oxygen atoms in total. The van der Waals surface area contributed by atoms with E-state index in [-0.39, 0.29) is 16.7 Å². The predicted octanol–water partition coefficient (Wildman–Crippen LogP) is 2.68. The Morgan fingerprint density at radius 1 is 1.19 bits per heavy atom. The van der Waals surface area contributed by atoms with Crippen LogP contribution in [0.1, 0.15) is 0 Å². The molecule has 1 heterocycles. The van der Waals surface area contributed by atoms with Gasteiger partial charge >= 0.3 is 5.51 Å². The van der Waals surface area contributed by atoms with Gasteiger partial charge in [0.05, 0.1) is 5.69 Å². The molecule has 0 spiro atoms. The van der Waals surface area contributed by atoms with Gasteiger partial charge in [0.25, 0.3) is 0 Å². The first-order valence-corrected chi connectivity index (χ1v) is 5.00. The fraction of sp³-hybridized carbons (Fsp3) is 0.111. The molecule has 0 aliphatic rings. The summed E-state index contributed by atoms with van der Waals surface area (Å²) in [6.45, 7) is 0. The lowest BCUT2D eigenvalue weighted by molar-refractivity contribution is -0.0328. The SMILES string of the molecule is FC(F)(F)Sc1ccc(-n2cn[c]n2)cc1. The highest BCUT2D eigenvalue weighted by Crippen LogP contribution is 2.36. The van der Waals surface area contributed by atoms with Crippen LogP contribution in [-0.4, -0.2) is 20.3 Å². The second kappa shape index (κ2) is 4.17. The number of alkyl halides is 3. The Bertz CT molecular complexity index is 450. The maximum atomic E-state index is 12.0. The molecule has 1 aromatic carbocycles. The zero-order valence-electron chi connectivity index (χ0n) is 7.77. The number of aromatic nitrogens is 3. The topological polar surface area (TPSA) is 30.7 Å². The van der Waals surface area contributed by atoms with Crippen LogP contribution >= 0.6 is 11.8 Å². The summed E-state index contributed by atoms with van der Waals surface area (Å²) in [5, 5.41) is 3.74. The average molecular weight is 244 g/mol. The molecule has 0 aliphatic heterocycles.